The number of halogens is 1. The van der Waals surface area contributed by atoms with Gasteiger partial charge in [0.2, 0.25) is 5.91 Å². The van der Waals surface area contributed by atoms with Gasteiger partial charge in [0.15, 0.2) is 11.5 Å². The smallest absolute Gasteiger partial charge is 0.256 e. The number of hydrogen-bond donors (Lipinski definition) is 2. The third-order valence-corrected chi connectivity index (χ3v) is 9.13. The summed E-state index contributed by atoms with van der Waals surface area (Å²) in [5, 5.41) is 7.01. The Kier molecular flexibility index (Phi) is 14.1. The number of nitrogens with one attached hydrogen (secondary N) is 2. The number of anilines is 1. The number of nitrogens with zero attached hydrogens (tertiary/aromatic N) is 1. The van der Waals surface area contributed by atoms with Crippen LogP contribution in [0.1, 0.15) is 68.4 Å². The van der Waals surface area contributed by atoms with Crippen molar-refractivity contribution >= 4 is 29.1 Å². The summed E-state index contributed by atoms with van der Waals surface area (Å²) in [6, 6.07) is 31.6. The second kappa shape index (κ2) is 18.9. The van der Waals surface area contributed by atoms with Crippen LogP contribution in [-0.4, -0.2) is 57.8 Å². The van der Waals surface area contributed by atoms with Crippen LogP contribution in [-0.2, 0) is 27.2 Å². The normalized spacial score (nSPS) is 15.9. The number of carbonyl (C=O) groups is 2. The van der Waals surface area contributed by atoms with E-state index in [2.05, 4.69) is 55.7 Å². The summed E-state index contributed by atoms with van der Waals surface area (Å²) in [5.41, 5.74) is 4.32. The summed E-state index contributed by atoms with van der Waals surface area (Å²) in [5.74, 6) is 0.554. The Hall–Kier alpha value is -4.37. The average molecular weight is 726 g/mol. The zero-order valence-corrected chi connectivity index (χ0v) is 31.6. The number of ether oxygens (including phenoxy) is 3. The van der Waals surface area contributed by atoms with E-state index in [4.69, 9.17) is 25.8 Å². The minimum Gasteiger partial charge on any atom is -0.492 e. The molecule has 0 spiro atoms. The van der Waals surface area contributed by atoms with Crippen molar-refractivity contribution in [3.05, 3.63) is 124 Å². The molecule has 1 aliphatic rings. The Bertz CT molecular complexity index is 1750. The van der Waals surface area contributed by atoms with E-state index in [0.29, 0.717) is 59.5 Å². The molecular weight excluding hydrogens is 674 g/mol. The number of methoxy groups -OCH3 is 1. The fourth-order valence-corrected chi connectivity index (χ4v) is 6.63. The van der Waals surface area contributed by atoms with Crippen LogP contribution in [0, 0.1) is 5.41 Å². The molecule has 1 aliphatic heterocycles. The zero-order chi connectivity index (χ0) is 36.9. The highest BCUT2D eigenvalue weighted by atomic mass is 35.5. The van der Waals surface area contributed by atoms with E-state index < -0.39 is 12.2 Å². The number of para-hydroxylation sites is 1. The van der Waals surface area contributed by atoms with Crippen LogP contribution < -0.4 is 25.0 Å². The summed E-state index contributed by atoms with van der Waals surface area (Å²) in [4.78, 5) is 29.5. The first-order valence-corrected chi connectivity index (χ1v) is 18.6. The van der Waals surface area contributed by atoms with Gasteiger partial charge in [0.05, 0.1) is 20.1 Å². The lowest BCUT2D eigenvalue weighted by Crippen LogP contribution is -2.45. The number of benzene rings is 4. The van der Waals surface area contributed by atoms with Crippen LogP contribution in [0.15, 0.2) is 97.1 Å². The van der Waals surface area contributed by atoms with Crippen molar-refractivity contribution in [3.8, 4) is 11.5 Å². The first-order chi connectivity index (χ1) is 25.1. The quantitative estimate of drug-likeness (QED) is 0.108. The third kappa shape index (κ3) is 11.1. The van der Waals surface area contributed by atoms with Crippen molar-refractivity contribution in [2.45, 2.75) is 65.1 Å². The molecule has 0 bridgehead atoms. The van der Waals surface area contributed by atoms with Crippen LogP contribution in [0.4, 0.5) is 5.69 Å². The highest BCUT2D eigenvalue weighted by Gasteiger charge is 2.40. The summed E-state index contributed by atoms with van der Waals surface area (Å²) < 4.78 is 19.0. The first-order valence-electron chi connectivity index (χ1n) is 18.2. The molecular formula is C43H52ClN3O5. The van der Waals surface area contributed by atoms with Gasteiger partial charge in [-0.05, 0) is 79.6 Å². The van der Waals surface area contributed by atoms with Crippen LogP contribution in [0.25, 0.3) is 0 Å². The summed E-state index contributed by atoms with van der Waals surface area (Å²) >= 11 is 6.61. The van der Waals surface area contributed by atoms with E-state index in [1.54, 1.807) is 18.1 Å². The molecule has 9 heteroatoms. The molecule has 0 aliphatic carbocycles. The largest absolute Gasteiger partial charge is 0.492 e. The van der Waals surface area contributed by atoms with Gasteiger partial charge in [-0.15, -0.1) is 0 Å². The van der Waals surface area contributed by atoms with Crippen LogP contribution >= 0.6 is 11.6 Å². The van der Waals surface area contributed by atoms with Gasteiger partial charge in [0.1, 0.15) is 12.2 Å². The van der Waals surface area contributed by atoms with E-state index >= 15 is 0 Å². The highest BCUT2D eigenvalue weighted by Crippen LogP contribution is 2.45. The van der Waals surface area contributed by atoms with E-state index in [1.165, 1.54) is 5.56 Å². The van der Waals surface area contributed by atoms with Gasteiger partial charge in [-0.1, -0.05) is 105 Å². The minimum atomic E-state index is -1.06. The lowest BCUT2D eigenvalue weighted by atomic mass is 9.94. The van der Waals surface area contributed by atoms with E-state index in [9.17, 15) is 9.59 Å². The SMILES string of the molecule is COc1c(OCCCNCCCc2ccccc2)cccc1[C@@H]1O[C@@H](CC(=O)NCCc2ccccc2)C(=O)N(CC(C)(C)C)c2ccc(Cl)cc21. The van der Waals surface area contributed by atoms with Gasteiger partial charge in [0.25, 0.3) is 5.91 Å². The number of aryl methyl sites for hydroxylation is 1. The van der Waals surface area contributed by atoms with E-state index in [1.807, 2.05) is 66.7 Å². The maximum Gasteiger partial charge on any atom is 0.256 e. The molecule has 0 aromatic heterocycles. The minimum absolute atomic E-state index is 0.136. The fraction of sp³-hybridized carbons (Fsp3) is 0.395. The average Bonchev–Trinajstić information content (AvgIpc) is 3.23. The molecule has 276 valence electrons. The molecule has 5 rings (SSSR count). The number of fused-ring (bicyclic) bond motifs is 1. The van der Waals surface area contributed by atoms with Gasteiger partial charge < -0.3 is 29.7 Å². The van der Waals surface area contributed by atoms with Crippen molar-refractivity contribution < 1.29 is 23.8 Å². The zero-order valence-electron chi connectivity index (χ0n) is 30.8. The lowest BCUT2D eigenvalue weighted by Gasteiger charge is -2.31. The molecule has 8 nitrogen and oxygen atoms in total. The number of amides is 2. The molecule has 4 aromatic carbocycles. The maximum atomic E-state index is 14.4. The Morgan fingerprint density at radius 2 is 1.54 bits per heavy atom. The predicted octanol–water partition coefficient (Wildman–Crippen LogP) is 7.96. The fourth-order valence-electron chi connectivity index (χ4n) is 6.45. The summed E-state index contributed by atoms with van der Waals surface area (Å²) in [6.45, 7) is 9.36. The molecule has 1 heterocycles. The third-order valence-electron chi connectivity index (χ3n) is 8.90. The topological polar surface area (TPSA) is 89.1 Å². The van der Waals surface area contributed by atoms with Crippen molar-refractivity contribution in [2.75, 3.05) is 44.8 Å². The Morgan fingerprint density at radius 1 is 0.846 bits per heavy atom. The Balaban J connectivity index is 1.32. The number of carbonyl (C=O) groups excluding carboxylic acids is 2. The van der Waals surface area contributed by atoms with Gasteiger partial charge in [-0.25, -0.2) is 0 Å². The molecule has 2 N–H and O–H groups in total. The van der Waals surface area contributed by atoms with Gasteiger partial charge in [0, 0.05) is 34.9 Å². The Labute approximate surface area is 313 Å². The monoisotopic (exact) mass is 725 g/mol. The van der Waals surface area contributed by atoms with E-state index in [0.717, 1.165) is 37.9 Å². The lowest BCUT2D eigenvalue weighted by molar-refractivity contribution is -0.138. The highest BCUT2D eigenvalue weighted by molar-refractivity contribution is 6.30. The summed E-state index contributed by atoms with van der Waals surface area (Å²) in [6.07, 6.45) is 1.65. The van der Waals surface area contributed by atoms with Crippen molar-refractivity contribution in [2.24, 2.45) is 5.41 Å². The van der Waals surface area contributed by atoms with Gasteiger partial charge >= 0.3 is 0 Å². The molecule has 2 amide bonds. The molecule has 0 saturated carbocycles. The van der Waals surface area contributed by atoms with Crippen molar-refractivity contribution in [1.82, 2.24) is 10.6 Å². The Morgan fingerprint density at radius 3 is 2.23 bits per heavy atom. The van der Waals surface area contributed by atoms with Crippen molar-refractivity contribution in [3.63, 3.8) is 0 Å². The molecule has 4 aromatic rings. The maximum absolute atomic E-state index is 14.4. The molecule has 52 heavy (non-hydrogen) atoms. The summed E-state index contributed by atoms with van der Waals surface area (Å²) in [7, 11) is 1.60. The standard InChI is InChI=1S/C43H52ClN3O5/c1-43(2,3)30-47-36-22-21-33(44)28-35(36)40(52-38(42(47)49)29-39(48)46-26-23-32-16-9-6-10-17-32)34-19-11-20-37(41(34)50-4)51-27-13-25-45-24-12-18-31-14-7-5-8-15-31/h5-11,14-17,19-22,28,38,40,45H,12-13,18,23-27,29-30H2,1-4H3,(H,46,48)/t38-,40-/m0/s1. The molecule has 2 atom stereocenters. The van der Waals surface area contributed by atoms with Gasteiger partial charge in [-0.3, -0.25) is 9.59 Å². The van der Waals surface area contributed by atoms with Gasteiger partial charge in [-0.2, -0.15) is 0 Å². The second-order valence-corrected chi connectivity index (χ2v) is 14.8. The van der Waals surface area contributed by atoms with Crippen LogP contribution in [0.3, 0.4) is 0 Å². The van der Waals surface area contributed by atoms with Crippen LogP contribution in [0.2, 0.25) is 5.02 Å². The molecule has 0 fully saturated rings. The van der Waals surface area contributed by atoms with E-state index in [-0.39, 0.29) is 23.7 Å². The first kappa shape index (κ1) is 38.9. The predicted molar refractivity (Wildman–Crippen MR) is 208 cm³/mol. The number of rotatable bonds is 17. The van der Waals surface area contributed by atoms with Crippen molar-refractivity contribution in [1.29, 1.82) is 0 Å². The number of hydrogen-bond acceptors (Lipinski definition) is 6. The second-order valence-electron chi connectivity index (χ2n) is 14.4. The molecule has 0 unspecified atom stereocenters. The molecule has 0 radical (unpaired) electrons. The molecule has 0 saturated heterocycles. The van der Waals surface area contributed by atoms with Crippen LogP contribution in [0.5, 0.6) is 11.5 Å².